The molecule has 1 atom stereocenters. The maximum atomic E-state index is 11.9. The fourth-order valence-electron chi connectivity index (χ4n) is 1.95. The lowest BCUT2D eigenvalue weighted by Gasteiger charge is -2.14. The van der Waals surface area contributed by atoms with Crippen molar-refractivity contribution in [3.8, 4) is 0 Å². The van der Waals surface area contributed by atoms with Crippen LogP contribution in [0.15, 0.2) is 47.3 Å². The van der Waals surface area contributed by atoms with E-state index in [9.17, 15) is 9.59 Å². The van der Waals surface area contributed by atoms with Crippen molar-refractivity contribution in [3.63, 3.8) is 0 Å². The van der Waals surface area contributed by atoms with Gasteiger partial charge in [0.05, 0.1) is 24.5 Å². The maximum Gasteiger partial charge on any atom is 0.319 e. The Kier molecular flexibility index (Phi) is 5.76. The number of hydrogen-bond donors (Lipinski definition) is 3. The van der Waals surface area contributed by atoms with Gasteiger partial charge >= 0.3 is 6.03 Å². The molecule has 3 amide bonds. The summed E-state index contributed by atoms with van der Waals surface area (Å²) in [7, 11) is 1.57. The molecule has 7 heteroatoms. The van der Waals surface area contributed by atoms with Crippen LogP contribution in [0.2, 0.25) is 0 Å². The SMILES string of the molecule is COCC(C)NC(=O)Nc1cccc(NC(=O)c2ccoc2)c1. The van der Waals surface area contributed by atoms with Crippen molar-refractivity contribution >= 4 is 23.3 Å². The standard InChI is InChI=1S/C16H19N3O4/c1-11(9-22-2)17-16(21)19-14-5-3-4-13(8-14)18-15(20)12-6-7-23-10-12/h3-8,10-11H,9H2,1-2H3,(H,18,20)(H2,17,19,21). The molecule has 2 aromatic rings. The van der Waals surface area contributed by atoms with E-state index in [2.05, 4.69) is 16.0 Å². The van der Waals surface area contributed by atoms with Crippen molar-refractivity contribution < 1.29 is 18.7 Å². The van der Waals surface area contributed by atoms with Crippen LogP contribution in [0.3, 0.4) is 0 Å². The highest BCUT2D eigenvalue weighted by Crippen LogP contribution is 2.16. The first kappa shape index (κ1) is 16.6. The third-order valence-electron chi connectivity index (χ3n) is 2.96. The van der Waals surface area contributed by atoms with E-state index in [0.29, 0.717) is 23.5 Å². The number of methoxy groups -OCH3 is 1. The van der Waals surface area contributed by atoms with E-state index >= 15 is 0 Å². The smallest absolute Gasteiger partial charge is 0.319 e. The molecule has 122 valence electrons. The van der Waals surface area contributed by atoms with Crippen LogP contribution in [0.1, 0.15) is 17.3 Å². The molecule has 0 aliphatic heterocycles. The average Bonchev–Trinajstić information content (AvgIpc) is 3.01. The Morgan fingerprint density at radius 2 is 1.96 bits per heavy atom. The predicted molar refractivity (Wildman–Crippen MR) is 86.6 cm³/mol. The molecule has 2 rings (SSSR count). The minimum absolute atomic E-state index is 0.107. The summed E-state index contributed by atoms with van der Waals surface area (Å²) < 4.78 is 9.83. The van der Waals surface area contributed by atoms with E-state index < -0.39 is 0 Å². The topological polar surface area (TPSA) is 92.6 Å². The molecule has 1 aromatic heterocycles. The molecule has 1 aromatic carbocycles. The molecular weight excluding hydrogens is 298 g/mol. The second-order valence-corrected chi connectivity index (χ2v) is 5.00. The number of carbonyl (C=O) groups is 2. The molecule has 0 fully saturated rings. The number of anilines is 2. The second kappa shape index (κ2) is 8.00. The van der Waals surface area contributed by atoms with E-state index in [0.717, 1.165) is 0 Å². The number of carbonyl (C=O) groups excluding carboxylic acids is 2. The normalized spacial score (nSPS) is 11.6. The Bertz CT molecular complexity index is 655. The Hall–Kier alpha value is -2.80. The molecular formula is C16H19N3O4. The van der Waals surface area contributed by atoms with E-state index in [4.69, 9.17) is 9.15 Å². The van der Waals surface area contributed by atoms with Gasteiger partial charge in [-0.3, -0.25) is 4.79 Å². The van der Waals surface area contributed by atoms with Crippen molar-refractivity contribution in [1.29, 1.82) is 0 Å². The summed E-state index contributed by atoms with van der Waals surface area (Å²) in [5.41, 5.74) is 1.56. The van der Waals surface area contributed by atoms with Gasteiger partial charge in [0.25, 0.3) is 5.91 Å². The minimum atomic E-state index is -0.340. The van der Waals surface area contributed by atoms with Gasteiger partial charge in [-0.05, 0) is 31.2 Å². The summed E-state index contributed by atoms with van der Waals surface area (Å²) in [5.74, 6) is -0.283. The molecule has 0 saturated heterocycles. The number of nitrogens with one attached hydrogen (secondary N) is 3. The van der Waals surface area contributed by atoms with E-state index in [-0.39, 0.29) is 18.0 Å². The first-order chi connectivity index (χ1) is 11.1. The van der Waals surface area contributed by atoms with Gasteiger partial charge in [-0.1, -0.05) is 6.07 Å². The van der Waals surface area contributed by atoms with Crippen LogP contribution >= 0.6 is 0 Å². The number of urea groups is 1. The molecule has 0 aliphatic carbocycles. The van der Waals surface area contributed by atoms with Crippen LogP contribution in [-0.2, 0) is 4.74 Å². The summed E-state index contributed by atoms with van der Waals surface area (Å²) in [6.45, 7) is 2.26. The second-order valence-electron chi connectivity index (χ2n) is 5.00. The summed E-state index contributed by atoms with van der Waals surface area (Å²) in [6, 6.07) is 7.99. The Labute approximate surface area is 134 Å². The number of furan rings is 1. The van der Waals surface area contributed by atoms with Crippen LogP contribution in [-0.4, -0.2) is 31.7 Å². The highest BCUT2D eigenvalue weighted by molar-refractivity contribution is 6.04. The van der Waals surface area contributed by atoms with Crippen LogP contribution in [0.4, 0.5) is 16.2 Å². The predicted octanol–water partition coefficient (Wildman–Crippen LogP) is 2.69. The van der Waals surface area contributed by atoms with Crippen molar-refractivity contribution in [2.75, 3.05) is 24.4 Å². The van der Waals surface area contributed by atoms with E-state index in [1.807, 2.05) is 6.92 Å². The number of ether oxygens (including phenoxy) is 1. The summed E-state index contributed by atoms with van der Waals surface area (Å²) in [6.07, 6.45) is 2.79. The number of benzene rings is 1. The maximum absolute atomic E-state index is 11.9. The summed E-state index contributed by atoms with van der Waals surface area (Å²) in [5, 5.41) is 8.17. The van der Waals surface area contributed by atoms with Crippen LogP contribution in [0.25, 0.3) is 0 Å². The molecule has 3 N–H and O–H groups in total. The zero-order valence-electron chi connectivity index (χ0n) is 13.0. The van der Waals surface area contributed by atoms with Gasteiger partial charge in [0.2, 0.25) is 0 Å². The molecule has 7 nitrogen and oxygen atoms in total. The van der Waals surface area contributed by atoms with E-state index in [1.54, 1.807) is 37.4 Å². The summed E-state index contributed by atoms with van der Waals surface area (Å²) >= 11 is 0. The fraction of sp³-hybridized carbons (Fsp3) is 0.250. The zero-order chi connectivity index (χ0) is 16.7. The number of hydrogen-bond acceptors (Lipinski definition) is 4. The Morgan fingerprint density at radius 1 is 1.22 bits per heavy atom. The third kappa shape index (κ3) is 5.15. The third-order valence-corrected chi connectivity index (χ3v) is 2.96. The minimum Gasteiger partial charge on any atom is -0.472 e. The molecule has 0 aliphatic rings. The quantitative estimate of drug-likeness (QED) is 0.763. The van der Waals surface area contributed by atoms with Gasteiger partial charge in [0, 0.05) is 18.5 Å². The van der Waals surface area contributed by atoms with Crippen molar-refractivity contribution in [1.82, 2.24) is 5.32 Å². The molecule has 0 bridgehead atoms. The molecule has 0 saturated carbocycles. The summed E-state index contributed by atoms with van der Waals surface area (Å²) in [4.78, 5) is 23.8. The largest absolute Gasteiger partial charge is 0.472 e. The Balaban J connectivity index is 1.94. The van der Waals surface area contributed by atoms with Crippen molar-refractivity contribution in [3.05, 3.63) is 48.4 Å². The van der Waals surface area contributed by atoms with Gasteiger partial charge in [-0.25, -0.2) is 4.79 Å². The lowest BCUT2D eigenvalue weighted by atomic mass is 10.2. The van der Waals surface area contributed by atoms with Gasteiger partial charge in [0.15, 0.2) is 0 Å². The molecule has 23 heavy (non-hydrogen) atoms. The van der Waals surface area contributed by atoms with Crippen LogP contribution in [0.5, 0.6) is 0 Å². The van der Waals surface area contributed by atoms with Gasteiger partial charge in [-0.15, -0.1) is 0 Å². The first-order valence-corrected chi connectivity index (χ1v) is 7.08. The molecule has 0 radical (unpaired) electrons. The van der Waals surface area contributed by atoms with Gasteiger partial charge in [-0.2, -0.15) is 0 Å². The van der Waals surface area contributed by atoms with Crippen LogP contribution in [0, 0.1) is 0 Å². The van der Waals surface area contributed by atoms with Crippen molar-refractivity contribution in [2.24, 2.45) is 0 Å². The van der Waals surface area contributed by atoms with Crippen LogP contribution < -0.4 is 16.0 Å². The molecule has 1 heterocycles. The van der Waals surface area contributed by atoms with Gasteiger partial charge < -0.3 is 25.1 Å². The van der Waals surface area contributed by atoms with E-state index in [1.165, 1.54) is 12.5 Å². The highest BCUT2D eigenvalue weighted by atomic mass is 16.5. The lowest BCUT2D eigenvalue weighted by Crippen LogP contribution is -2.38. The van der Waals surface area contributed by atoms with Crippen molar-refractivity contribution in [2.45, 2.75) is 13.0 Å². The average molecular weight is 317 g/mol. The molecule has 1 unspecified atom stereocenters. The monoisotopic (exact) mass is 317 g/mol. The zero-order valence-corrected chi connectivity index (χ0v) is 13.0. The van der Waals surface area contributed by atoms with Gasteiger partial charge in [0.1, 0.15) is 6.26 Å². The first-order valence-electron chi connectivity index (χ1n) is 7.08. The fourth-order valence-corrected chi connectivity index (χ4v) is 1.95. The highest BCUT2D eigenvalue weighted by Gasteiger charge is 2.09. The Morgan fingerprint density at radius 3 is 2.61 bits per heavy atom. The lowest BCUT2D eigenvalue weighted by molar-refractivity contribution is 0.102. The number of amides is 3. The number of rotatable bonds is 6. The molecule has 0 spiro atoms.